The van der Waals surface area contributed by atoms with Gasteiger partial charge in [-0.3, -0.25) is 19.3 Å². The Morgan fingerprint density at radius 2 is 2.15 bits per heavy atom. The van der Waals surface area contributed by atoms with Crippen LogP contribution in [-0.4, -0.2) is 54.5 Å². The van der Waals surface area contributed by atoms with E-state index in [1.54, 1.807) is 6.07 Å². The molecule has 0 saturated carbocycles. The Balaban J connectivity index is 1.65. The molecule has 3 amide bonds. The highest BCUT2D eigenvalue weighted by Gasteiger charge is 2.37. The first-order valence-corrected chi connectivity index (χ1v) is 10.4. The number of sulfone groups is 1. The molecule has 1 atom stereocenters. The molecule has 138 valence electrons. The molecular formula is C16H15FN2O5S2. The van der Waals surface area contributed by atoms with Gasteiger partial charge in [-0.15, -0.1) is 0 Å². The highest BCUT2D eigenvalue weighted by Crippen LogP contribution is 2.32. The fourth-order valence-corrected chi connectivity index (χ4v) is 5.22. The van der Waals surface area contributed by atoms with Crippen LogP contribution >= 0.6 is 11.8 Å². The van der Waals surface area contributed by atoms with E-state index in [0.717, 1.165) is 4.90 Å². The third kappa shape index (κ3) is 4.31. The monoisotopic (exact) mass is 398 g/mol. The first-order chi connectivity index (χ1) is 12.2. The lowest BCUT2D eigenvalue weighted by molar-refractivity contribution is -0.129. The summed E-state index contributed by atoms with van der Waals surface area (Å²) in [5.74, 6) is -1.83. The minimum Gasteiger partial charge on any atom is -0.351 e. The third-order valence-corrected chi connectivity index (χ3v) is 6.59. The normalized spacial score (nSPS) is 23.7. The number of imide groups is 1. The van der Waals surface area contributed by atoms with Crippen LogP contribution in [0.25, 0.3) is 6.08 Å². The molecule has 0 spiro atoms. The van der Waals surface area contributed by atoms with Crippen molar-refractivity contribution < 1.29 is 27.2 Å². The van der Waals surface area contributed by atoms with E-state index in [-0.39, 0.29) is 16.4 Å². The quantitative estimate of drug-likeness (QED) is 0.764. The minimum absolute atomic E-state index is 0.00982. The molecule has 7 nitrogen and oxygen atoms in total. The van der Waals surface area contributed by atoms with Gasteiger partial charge in [0, 0.05) is 6.04 Å². The molecule has 1 aromatic carbocycles. The number of hydrogen-bond acceptors (Lipinski definition) is 6. The maximum atomic E-state index is 13.2. The van der Waals surface area contributed by atoms with Crippen LogP contribution in [0.5, 0.6) is 0 Å². The summed E-state index contributed by atoms with van der Waals surface area (Å²) in [5, 5.41) is 1.93. The Morgan fingerprint density at radius 1 is 1.38 bits per heavy atom. The van der Waals surface area contributed by atoms with E-state index in [1.807, 2.05) is 0 Å². The minimum atomic E-state index is -3.14. The van der Waals surface area contributed by atoms with Crippen molar-refractivity contribution in [1.29, 1.82) is 0 Å². The van der Waals surface area contributed by atoms with E-state index in [2.05, 4.69) is 5.32 Å². The number of halogens is 1. The van der Waals surface area contributed by atoms with Gasteiger partial charge in [0.05, 0.1) is 16.4 Å². The third-order valence-electron chi connectivity index (χ3n) is 3.92. The van der Waals surface area contributed by atoms with Gasteiger partial charge >= 0.3 is 0 Å². The van der Waals surface area contributed by atoms with Gasteiger partial charge in [0.15, 0.2) is 9.84 Å². The molecule has 0 aliphatic carbocycles. The number of hydrogen-bond donors (Lipinski definition) is 1. The zero-order chi connectivity index (χ0) is 18.9. The molecule has 1 N–H and O–H groups in total. The standard InChI is InChI=1S/C16H15FN2O5S2/c17-11-3-1-2-10(6-11)7-13-15(21)19(16(22)25-13)8-14(20)18-12-4-5-26(23,24)9-12/h1-3,6-7,12H,4-5,8-9H2,(H,18,20). The Kier molecular flexibility index (Phi) is 5.15. The highest BCUT2D eigenvalue weighted by atomic mass is 32.2. The summed E-state index contributed by atoms with van der Waals surface area (Å²) in [6.07, 6.45) is 1.70. The van der Waals surface area contributed by atoms with Gasteiger partial charge in [-0.1, -0.05) is 12.1 Å². The number of nitrogens with one attached hydrogen (secondary N) is 1. The largest absolute Gasteiger partial charge is 0.351 e. The lowest BCUT2D eigenvalue weighted by Gasteiger charge is -2.15. The SMILES string of the molecule is O=C(CN1C(=O)SC(=Cc2cccc(F)c2)C1=O)NC1CCS(=O)(=O)C1. The molecule has 2 saturated heterocycles. The molecule has 1 unspecified atom stereocenters. The molecule has 0 bridgehead atoms. The zero-order valence-electron chi connectivity index (χ0n) is 13.5. The second kappa shape index (κ2) is 7.20. The van der Waals surface area contributed by atoms with E-state index < -0.39 is 45.3 Å². The van der Waals surface area contributed by atoms with Gasteiger partial charge in [0.25, 0.3) is 11.1 Å². The second-order valence-corrected chi connectivity index (χ2v) is 9.21. The predicted molar refractivity (Wildman–Crippen MR) is 94.3 cm³/mol. The van der Waals surface area contributed by atoms with Crippen LogP contribution in [0.1, 0.15) is 12.0 Å². The molecule has 10 heteroatoms. The lowest BCUT2D eigenvalue weighted by Crippen LogP contribution is -2.43. The fourth-order valence-electron chi connectivity index (χ4n) is 2.71. The van der Waals surface area contributed by atoms with Gasteiger partial charge in [-0.25, -0.2) is 12.8 Å². The molecule has 2 aliphatic rings. The topological polar surface area (TPSA) is 101 Å². The number of rotatable bonds is 4. The van der Waals surface area contributed by atoms with Gasteiger partial charge in [-0.2, -0.15) is 0 Å². The maximum Gasteiger partial charge on any atom is 0.294 e. The van der Waals surface area contributed by atoms with Crippen molar-refractivity contribution in [3.63, 3.8) is 0 Å². The number of benzene rings is 1. The van der Waals surface area contributed by atoms with Crippen molar-refractivity contribution >= 4 is 44.7 Å². The van der Waals surface area contributed by atoms with E-state index in [9.17, 15) is 27.2 Å². The van der Waals surface area contributed by atoms with Gasteiger partial charge in [-0.05, 0) is 42.0 Å². The molecule has 2 heterocycles. The summed E-state index contributed by atoms with van der Waals surface area (Å²) in [6.45, 7) is -0.484. The van der Waals surface area contributed by atoms with E-state index in [1.165, 1.54) is 24.3 Å². The van der Waals surface area contributed by atoms with Crippen LogP contribution in [0.4, 0.5) is 9.18 Å². The van der Waals surface area contributed by atoms with Crippen LogP contribution < -0.4 is 5.32 Å². The van der Waals surface area contributed by atoms with E-state index >= 15 is 0 Å². The van der Waals surface area contributed by atoms with Crippen molar-refractivity contribution in [2.24, 2.45) is 0 Å². The molecular weight excluding hydrogens is 383 g/mol. The number of amides is 3. The molecule has 2 fully saturated rings. The fraction of sp³-hybridized carbons (Fsp3) is 0.312. The summed E-state index contributed by atoms with van der Waals surface area (Å²) < 4.78 is 36.0. The highest BCUT2D eigenvalue weighted by molar-refractivity contribution is 8.18. The smallest absolute Gasteiger partial charge is 0.294 e. The van der Waals surface area contributed by atoms with Gasteiger partial charge in [0.2, 0.25) is 5.91 Å². The van der Waals surface area contributed by atoms with Crippen LogP contribution in [-0.2, 0) is 19.4 Å². The summed E-state index contributed by atoms with van der Waals surface area (Å²) >= 11 is 0.667. The number of carbonyl (C=O) groups is 3. The molecule has 1 aromatic rings. The predicted octanol–water partition coefficient (Wildman–Crippen LogP) is 1.17. The lowest BCUT2D eigenvalue weighted by atomic mass is 10.2. The van der Waals surface area contributed by atoms with Crippen molar-refractivity contribution in [2.45, 2.75) is 12.5 Å². The molecule has 3 rings (SSSR count). The Labute approximate surface area is 153 Å². The van der Waals surface area contributed by atoms with E-state index in [4.69, 9.17) is 0 Å². The zero-order valence-corrected chi connectivity index (χ0v) is 15.1. The molecule has 26 heavy (non-hydrogen) atoms. The van der Waals surface area contributed by atoms with Crippen LogP contribution in [0.3, 0.4) is 0 Å². The van der Waals surface area contributed by atoms with Crippen molar-refractivity contribution in [3.8, 4) is 0 Å². The molecule has 0 aromatic heterocycles. The number of thioether (sulfide) groups is 1. The van der Waals surface area contributed by atoms with Crippen molar-refractivity contribution in [2.75, 3.05) is 18.1 Å². The summed E-state index contributed by atoms with van der Waals surface area (Å²) in [5.41, 5.74) is 0.427. The second-order valence-electron chi connectivity index (χ2n) is 5.99. The average Bonchev–Trinajstić information content (AvgIpc) is 3.01. The van der Waals surface area contributed by atoms with Gasteiger partial charge in [0.1, 0.15) is 12.4 Å². The summed E-state index contributed by atoms with van der Waals surface area (Å²) in [4.78, 5) is 37.2. The maximum absolute atomic E-state index is 13.2. The van der Waals surface area contributed by atoms with E-state index in [0.29, 0.717) is 23.7 Å². The Morgan fingerprint density at radius 3 is 2.81 bits per heavy atom. The van der Waals surface area contributed by atoms with Crippen molar-refractivity contribution in [1.82, 2.24) is 10.2 Å². The number of nitrogens with zero attached hydrogens (tertiary/aromatic N) is 1. The summed E-state index contributed by atoms with van der Waals surface area (Å²) in [6, 6.07) is 5.05. The van der Waals surface area contributed by atoms with Crippen LogP contribution in [0, 0.1) is 5.82 Å². The van der Waals surface area contributed by atoms with Crippen molar-refractivity contribution in [3.05, 3.63) is 40.6 Å². The average molecular weight is 398 g/mol. The van der Waals surface area contributed by atoms with Gasteiger partial charge < -0.3 is 5.32 Å². The summed E-state index contributed by atoms with van der Waals surface area (Å²) in [7, 11) is -3.14. The Hall–Kier alpha value is -2.20. The first-order valence-electron chi connectivity index (χ1n) is 7.74. The Bertz CT molecular complexity index is 913. The molecule has 2 aliphatic heterocycles. The number of carbonyl (C=O) groups excluding carboxylic acids is 3. The van der Waals surface area contributed by atoms with Crippen LogP contribution in [0.2, 0.25) is 0 Å². The molecule has 0 radical (unpaired) electrons. The van der Waals surface area contributed by atoms with Crippen LogP contribution in [0.15, 0.2) is 29.2 Å². The first kappa shape index (κ1) is 18.6.